The van der Waals surface area contributed by atoms with Crippen molar-refractivity contribution < 1.29 is 60.4 Å². The molecule has 0 bridgehead atoms. The minimum Gasteiger partial charge on any atom is -0.477 e. The largest absolute Gasteiger partial charge is 0.477 e. The van der Waals surface area contributed by atoms with E-state index in [2.05, 4.69) is 0 Å². The van der Waals surface area contributed by atoms with E-state index < -0.39 is 67.0 Å². The summed E-state index contributed by atoms with van der Waals surface area (Å²) in [7, 11) is 0. The Hall–Kier alpha value is -5.13. The fourth-order valence-electron chi connectivity index (χ4n) is 3.58. The molecule has 20 heteroatoms. The minimum absolute atomic E-state index is 0.0498. The third kappa shape index (κ3) is 9.46. The topological polar surface area (TPSA) is 159 Å². The van der Waals surface area contributed by atoms with E-state index in [1.807, 2.05) is 0 Å². The molecule has 0 atom stereocenters. The van der Waals surface area contributed by atoms with Crippen LogP contribution in [0.5, 0.6) is 23.0 Å². The molecule has 0 spiro atoms. The summed E-state index contributed by atoms with van der Waals surface area (Å²) < 4.78 is 85.9. The summed E-state index contributed by atoms with van der Waals surface area (Å²) in [6.07, 6.45) is -9.14. The van der Waals surface area contributed by atoms with Gasteiger partial charge in [-0.3, -0.25) is 25.0 Å². The zero-order chi connectivity index (χ0) is 36.1. The molecule has 0 aromatic heterocycles. The molecule has 0 heterocycles. The highest BCUT2D eigenvalue weighted by atomic mass is 35.5. The van der Waals surface area contributed by atoms with Gasteiger partial charge in [0, 0.05) is 18.2 Å². The lowest BCUT2D eigenvalue weighted by Crippen LogP contribution is -2.05. The van der Waals surface area contributed by atoms with Crippen molar-refractivity contribution in [2.45, 2.75) is 12.4 Å². The molecule has 1 N–H and O–H groups in total. The summed E-state index contributed by atoms with van der Waals surface area (Å²) in [6.45, 7) is 0. The lowest BCUT2D eigenvalue weighted by Gasteiger charge is -2.11. The van der Waals surface area contributed by atoms with Crippen molar-refractivity contribution in [3.05, 3.63) is 125 Å². The van der Waals surface area contributed by atoms with Gasteiger partial charge in [-0.15, -0.1) is 0 Å². The number of carbonyl (C=O) groups excluding carboxylic acids is 1. The lowest BCUT2D eigenvalue weighted by molar-refractivity contribution is -0.385. The first-order valence-electron chi connectivity index (χ1n) is 12.3. The number of nitro groups is 2. The molecule has 4 aromatic rings. The van der Waals surface area contributed by atoms with Gasteiger partial charge in [-0.2, -0.15) is 26.3 Å². The Morgan fingerprint density at radius 1 is 0.646 bits per heavy atom. The standard InChI is InChI=1S/C14H6Cl2F3NO4.C14H7ClF3NO5/c15-10-5-7(14(17,18)19)1-4-12(10)24-8-2-3-11(20(22)23)9(6-8)13(16)21;15-10-5-7(14(16,17)18)1-4-12(10)24-8-2-3-11(19(22)23)9(6-8)13(20)21/h1-6H;1-6H,(H,20,21). The van der Waals surface area contributed by atoms with E-state index in [9.17, 15) is 56.2 Å². The van der Waals surface area contributed by atoms with E-state index in [0.717, 1.165) is 60.7 Å². The van der Waals surface area contributed by atoms with Gasteiger partial charge < -0.3 is 14.6 Å². The Morgan fingerprint density at radius 3 is 1.33 bits per heavy atom. The van der Waals surface area contributed by atoms with Crippen LogP contribution in [0, 0.1) is 20.2 Å². The number of ether oxygens (including phenoxy) is 2. The third-order valence-corrected chi connectivity index (χ3v) is 6.54. The molecular weight excluding hydrogens is 729 g/mol. The van der Waals surface area contributed by atoms with Gasteiger partial charge in [0.2, 0.25) is 0 Å². The first-order chi connectivity index (χ1) is 22.2. The molecule has 0 radical (unpaired) electrons. The number of aromatic carboxylic acids is 1. The van der Waals surface area contributed by atoms with Crippen LogP contribution in [0.2, 0.25) is 10.0 Å². The van der Waals surface area contributed by atoms with Crippen molar-refractivity contribution in [1.29, 1.82) is 0 Å². The van der Waals surface area contributed by atoms with Crippen LogP contribution in [-0.2, 0) is 12.4 Å². The van der Waals surface area contributed by atoms with Gasteiger partial charge in [0.15, 0.2) is 0 Å². The molecule has 0 unspecified atom stereocenters. The number of hydrogen-bond acceptors (Lipinski definition) is 8. The molecule has 48 heavy (non-hydrogen) atoms. The van der Waals surface area contributed by atoms with Crippen LogP contribution in [0.4, 0.5) is 37.7 Å². The van der Waals surface area contributed by atoms with Crippen molar-refractivity contribution >= 4 is 57.4 Å². The van der Waals surface area contributed by atoms with Gasteiger partial charge in [0.1, 0.15) is 34.1 Å². The molecule has 252 valence electrons. The SMILES string of the molecule is O=C(Cl)c1cc(Oc2ccc(C(F)(F)F)cc2Cl)ccc1[N+](=O)[O-].O=C(O)c1cc(Oc2ccc(C(F)(F)F)cc2Cl)ccc1[N+](=O)[O-]. The maximum absolute atomic E-state index is 12.6. The first kappa shape index (κ1) is 37.3. The smallest absolute Gasteiger partial charge is 0.416 e. The fraction of sp³-hybridized carbons (Fsp3) is 0.0714. The third-order valence-electron chi connectivity index (χ3n) is 5.75. The molecule has 0 saturated heterocycles. The quantitative estimate of drug-likeness (QED) is 0.0802. The summed E-state index contributed by atoms with van der Waals surface area (Å²) in [5, 5.41) is 28.8. The summed E-state index contributed by atoms with van der Waals surface area (Å²) >= 11 is 16.7. The number of rotatable bonds is 8. The number of benzene rings is 4. The fourth-order valence-corrected chi connectivity index (χ4v) is 4.17. The van der Waals surface area contributed by atoms with Crippen LogP contribution in [0.1, 0.15) is 31.8 Å². The van der Waals surface area contributed by atoms with Crippen molar-refractivity contribution in [3.8, 4) is 23.0 Å². The van der Waals surface area contributed by atoms with Crippen LogP contribution >= 0.6 is 34.8 Å². The van der Waals surface area contributed by atoms with Crippen molar-refractivity contribution in [2.24, 2.45) is 0 Å². The van der Waals surface area contributed by atoms with E-state index >= 15 is 0 Å². The molecule has 4 rings (SSSR count). The van der Waals surface area contributed by atoms with Crippen molar-refractivity contribution in [2.75, 3.05) is 0 Å². The summed E-state index contributed by atoms with van der Waals surface area (Å²) in [4.78, 5) is 42.2. The molecule has 0 aliphatic heterocycles. The Morgan fingerprint density at radius 2 is 1.02 bits per heavy atom. The molecule has 0 amide bonds. The maximum atomic E-state index is 12.6. The number of carboxylic acid groups (broad SMARTS) is 1. The number of nitrogens with zero attached hydrogens (tertiary/aromatic N) is 2. The first-order valence-corrected chi connectivity index (χ1v) is 13.4. The molecule has 0 aliphatic rings. The second kappa shape index (κ2) is 14.7. The Balaban J connectivity index is 0.000000260. The molecule has 0 saturated carbocycles. The predicted octanol–water partition coefficient (Wildman–Crippen LogP) is 10.2. The minimum atomic E-state index is -4.58. The Kier molecular flexibility index (Phi) is 11.5. The van der Waals surface area contributed by atoms with Crippen LogP contribution in [-0.4, -0.2) is 26.2 Å². The zero-order valence-electron chi connectivity index (χ0n) is 22.9. The number of nitro benzene ring substituents is 2. The second-order valence-corrected chi connectivity index (χ2v) is 10.1. The molecule has 0 fully saturated rings. The van der Waals surface area contributed by atoms with E-state index in [1.54, 1.807) is 0 Å². The van der Waals surface area contributed by atoms with Crippen molar-refractivity contribution in [1.82, 2.24) is 0 Å². The van der Waals surface area contributed by atoms with Crippen LogP contribution in [0.3, 0.4) is 0 Å². The van der Waals surface area contributed by atoms with Gasteiger partial charge in [0.25, 0.3) is 16.6 Å². The van der Waals surface area contributed by atoms with E-state index in [0.29, 0.717) is 12.1 Å². The number of hydrogen-bond donors (Lipinski definition) is 1. The van der Waals surface area contributed by atoms with E-state index in [4.69, 9.17) is 49.4 Å². The number of halogens is 9. The second-order valence-electron chi connectivity index (χ2n) is 8.94. The van der Waals surface area contributed by atoms with Crippen LogP contribution in [0.15, 0.2) is 72.8 Å². The number of carboxylic acids is 1. The molecule has 0 aliphatic carbocycles. The van der Waals surface area contributed by atoms with Gasteiger partial charge >= 0.3 is 18.3 Å². The Labute approximate surface area is 278 Å². The molecule has 11 nitrogen and oxygen atoms in total. The highest BCUT2D eigenvalue weighted by Gasteiger charge is 2.32. The van der Waals surface area contributed by atoms with Gasteiger partial charge in [-0.1, -0.05) is 23.2 Å². The predicted molar refractivity (Wildman–Crippen MR) is 156 cm³/mol. The Bertz CT molecular complexity index is 1780. The maximum Gasteiger partial charge on any atom is 0.416 e. The average molecular weight is 742 g/mol. The van der Waals surface area contributed by atoms with E-state index in [1.165, 1.54) is 0 Å². The van der Waals surface area contributed by atoms with Gasteiger partial charge in [-0.05, 0) is 66.2 Å². The van der Waals surface area contributed by atoms with Crippen molar-refractivity contribution in [3.63, 3.8) is 0 Å². The average Bonchev–Trinajstić information content (AvgIpc) is 2.98. The lowest BCUT2D eigenvalue weighted by atomic mass is 10.1. The summed E-state index contributed by atoms with van der Waals surface area (Å²) in [5.74, 6) is -2.00. The monoisotopic (exact) mass is 740 g/mol. The number of carbonyl (C=O) groups is 2. The van der Waals surface area contributed by atoms with Crippen LogP contribution in [0.25, 0.3) is 0 Å². The van der Waals surface area contributed by atoms with E-state index in [-0.39, 0.29) is 33.0 Å². The van der Waals surface area contributed by atoms with Gasteiger partial charge in [-0.25, -0.2) is 4.79 Å². The zero-order valence-corrected chi connectivity index (χ0v) is 25.2. The van der Waals surface area contributed by atoms with Crippen LogP contribution < -0.4 is 9.47 Å². The molecular formula is C28H13Cl3F6N2O9. The molecule has 4 aromatic carbocycles. The number of alkyl halides is 6. The highest BCUT2D eigenvalue weighted by Crippen LogP contribution is 2.39. The summed E-state index contributed by atoms with van der Waals surface area (Å²) in [6, 6.07) is 10.9. The van der Waals surface area contributed by atoms with Gasteiger partial charge in [0.05, 0.1) is 31.0 Å². The highest BCUT2D eigenvalue weighted by molar-refractivity contribution is 6.68. The summed E-state index contributed by atoms with van der Waals surface area (Å²) in [5.41, 5.74) is -4.15. The normalized spacial score (nSPS) is 11.2.